The second-order valence-corrected chi connectivity index (χ2v) is 8.36. The lowest BCUT2D eigenvalue weighted by atomic mass is 10.0. The van der Waals surface area contributed by atoms with Crippen LogP contribution in [0.3, 0.4) is 0 Å². The summed E-state index contributed by atoms with van der Waals surface area (Å²) in [6.45, 7) is 4.12. The van der Waals surface area contributed by atoms with Gasteiger partial charge in [0.15, 0.2) is 0 Å². The zero-order chi connectivity index (χ0) is 19.5. The number of para-hydroxylation sites is 1. The minimum atomic E-state index is -0.469. The van der Waals surface area contributed by atoms with Crippen molar-refractivity contribution in [3.05, 3.63) is 64.1 Å². The Bertz CT molecular complexity index is 936. The van der Waals surface area contributed by atoms with E-state index >= 15 is 0 Å². The molecule has 2 aromatic carbocycles. The molecule has 1 fully saturated rings. The van der Waals surface area contributed by atoms with Crippen LogP contribution in [0, 0.1) is 0 Å². The van der Waals surface area contributed by atoms with E-state index < -0.39 is 6.04 Å². The van der Waals surface area contributed by atoms with Gasteiger partial charge in [0, 0.05) is 31.2 Å². The van der Waals surface area contributed by atoms with Gasteiger partial charge in [0.2, 0.25) is 0 Å². The Kier molecular flexibility index (Phi) is 5.92. The summed E-state index contributed by atoms with van der Waals surface area (Å²) in [7, 11) is 1.43. The number of hydrogen-bond donors (Lipinski definition) is 0. The third kappa shape index (κ3) is 4.05. The molecule has 0 radical (unpaired) electrons. The van der Waals surface area contributed by atoms with Crippen LogP contribution in [0.2, 0.25) is 5.02 Å². The molecule has 1 saturated heterocycles. The molecule has 1 atom stereocenters. The molecule has 146 valence electrons. The van der Waals surface area contributed by atoms with Crippen LogP contribution in [0.15, 0.2) is 48.5 Å². The van der Waals surface area contributed by atoms with Crippen molar-refractivity contribution in [2.45, 2.75) is 12.6 Å². The standard InChI is InChI=1S/C21H22ClN3O2S/c1-27-21(26)20(15-6-2-3-7-16(15)22)25-12-10-24(11-13-25)14-19-23-17-8-4-5-9-18(17)28-19/h2-9,20H,10-14H2,1H3/t20-/m1/s1. The van der Waals surface area contributed by atoms with Crippen LogP contribution < -0.4 is 0 Å². The second-order valence-electron chi connectivity index (χ2n) is 6.83. The fourth-order valence-electron chi connectivity index (χ4n) is 3.64. The second kappa shape index (κ2) is 8.57. The highest BCUT2D eigenvalue weighted by Gasteiger charge is 2.32. The van der Waals surface area contributed by atoms with Crippen molar-refractivity contribution in [1.29, 1.82) is 0 Å². The number of carbonyl (C=O) groups excluding carboxylic acids is 1. The van der Waals surface area contributed by atoms with Gasteiger partial charge in [0.1, 0.15) is 11.0 Å². The number of rotatable bonds is 5. The van der Waals surface area contributed by atoms with Crippen LogP contribution in [-0.4, -0.2) is 54.0 Å². The number of aromatic nitrogens is 1. The Hall–Kier alpha value is -1.99. The molecule has 3 aromatic rings. The fourth-order valence-corrected chi connectivity index (χ4v) is 4.89. The Labute approximate surface area is 173 Å². The third-order valence-corrected chi connectivity index (χ3v) is 6.46. The van der Waals surface area contributed by atoms with E-state index in [1.54, 1.807) is 11.3 Å². The Morgan fingerprint density at radius 3 is 2.57 bits per heavy atom. The summed E-state index contributed by atoms with van der Waals surface area (Å²) >= 11 is 8.11. The fraction of sp³-hybridized carbons (Fsp3) is 0.333. The molecular weight excluding hydrogens is 394 g/mol. The van der Waals surface area contributed by atoms with Gasteiger partial charge in [-0.05, 0) is 23.8 Å². The van der Waals surface area contributed by atoms with Crippen molar-refractivity contribution in [3.8, 4) is 0 Å². The highest BCUT2D eigenvalue weighted by atomic mass is 35.5. The maximum absolute atomic E-state index is 12.5. The molecule has 2 heterocycles. The highest BCUT2D eigenvalue weighted by Crippen LogP contribution is 2.30. The largest absolute Gasteiger partial charge is 0.468 e. The number of benzene rings is 2. The number of carbonyl (C=O) groups is 1. The predicted octanol–water partition coefficient (Wildman–Crippen LogP) is 3.98. The normalized spacial score (nSPS) is 16.9. The van der Waals surface area contributed by atoms with Gasteiger partial charge in [-0.25, -0.2) is 9.78 Å². The first kappa shape index (κ1) is 19.3. The summed E-state index contributed by atoms with van der Waals surface area (Å²) in [6.07, 6.45) is 0. The average Bonchev–Trinajstić information content (AvgIpc) is 3.13. The molecule has 1 aliphatic rings. The predicted molar refractivity (Wildman–Crippen MR) is 113 cm³/mol. The van der Waals surface area contributed by atoms with Crippen molar-refractivity contribution in [2.75, 3.05) is 33.3 Å². The van der Waals surface area contributed by atoms with Gasteiger partial charge in [0.25, 0.3) is 0 Å². The molecule has 0 saturated carbocycles. The van der Waals surface area contributed by atoms with Gasteiger partial charge in [-0.1, -0.05) is 41.9 Å². The van der Waals surface area contributed by atoms with E-state index in [0.717, 1.165) is 48.8 Å². The molecule has 1 aliphatic heterocycles. The van der Waals surface area contributed by atoms with Gasteiger partial charge in [-0.3, -0.25) is 9.80 Å². The summed E-state index contributed by atoms with van der Waals surface area (Å²) in [5.74, 6) is -0.271. The van der Waals surface area contributed by atoms with Crippen molar-refractivity contribution in [2.24, 2.45) is 0 Å². The molecule has 28 heavy (non-hydrogen) atoms. The number of thiazole rings is 1. The molecule has 0 amide bonds. The van der Waals surface area contributed by atoms with Gasteiger partial charge < -0.3 is 4.74 Å². The number of piperazine rings is 1. The first-order valence-corrected chi connectivity index (χ1v) is 10.5. The van der Waals surface area contributed by atoms with Gasteiger partial charge >= 0.3 is 5.97 Å². The lowest BCUT2D eigenvalue weighted by molar-refractivity contribution is -0.148. The van der Waals surface area contributed by atoms with Crippen LogP contribution in [-0.2, 0) is 16.1 Å². The van der Waals surface area contributed by atoms with Crippen LogP contribution in [0.25, 0.3) is 10.2 Å². The van der Waals surface area contributed by atoms with E-state index in [4.69, 9.17) is 21.3 Å². The van der Waals surface area contributed by atoms with E-state index in [2.05, 4.69) is 21.9 Å². The molecule has 0 N–H and O–H groups in total. The first-order chi connectivity index (χ1) is 13.7. The molecule has 0 aliphatic carbocycles. The van der Waals surface area contributed by atoms with Gasteiger partial charge in [-0.2, -0.15) is 0 Å². The van der Waals surface area contributed by atoms with Crippen molar-refractivity contribution in [1.82, 2.24) is 14.8 Å². The summed E-state index contributed by atoms with van der Waals surface area (Å²) < 4.78 is 6.29. The van der Waals surface area contributed by atoms with E-state index in [9.17, 15) is 4.79 Å². The van der Waals surface area contributed by atoms with Crippen molar-refractivity contribution in [3.63, 3.8) is 0 Å². The lowest BCUT2D eigenvalue weighted by Crippen LogP contribution is -2.49. The summed E-state index contributed by atoms with van der Waals surface area (Å²) in [4.78, 5) is 21.8. The summed E-state index contributed by atoms with van der Waals surface area (Å²) in [6, 6.07) is 15.3. The van der Waals surface area contributed by atoms with E-state index in [1.165, 1.54) is 11.8 Å². The number of nitrogens with zero attached hydrogens (tertiary/aromatic N) is 3. The van der Waals surface area contributed by atoms with Gasteiger partial charge in [-0.15, -0.1) is 11.3 Å². The number of hydrogen-bond acceptors (Lipinski definition) is 6. The number of ether oxygens (including phenoxy) is 1. The van der Waals surface area contributed by atoms with Crippen molar-refractivity contribution >= 4 is 39.1 Å². The van der Waals surface area contributed by atoms with Crippen LogP contribution in [0.4, 0.5) is 0 Å². The number of methoxy groups -OCH3 is 1. The molecule has 1 aromatic heterocycles. The van der Waals surface area contributed by atoms with Crippen LogP contribution >= 0.6 is 22.9 Å². The van der Waals surface area contributed by atoms with Crippen molar-refractivity contribution < 1.29 is 9.53 Å². The number of halogens is 1. The molecule has 4 rings (SSSR count). The van der Waals surface area contributed by atoms with E-state index in [-0.39, 0.29) is 5.97 Å². The minimum Gasteiger partial charge on any atom is -0.468 e. The zero-order valence-electron chi connectivity index (χ0n) is 15.7. The van der Waals surface area contributed by atoms with E-state index in [1.807, 2.05) is 36.4 Å². The van der Waals surface area contributed by atoms with Gasteiger partial charge in [0.05, 0.1) is 23.9 Å². The van der Waals surface area contributed by atoms with Crippen LogP contribution in [0.5, 0.6) is 0 Å². The molecule has 5 nitrogen and oxygen atoms in total. The third-order valence-electron chi connectivity index (χ3n) is 5.09. The summed E-state index contributed by atoms with van der Waals surface area (Å²) in [5, 5.41) is 1.72. The Morgan fingerprint density at radius 1 is 1.14 bits per heavy atom. The maximum Gasteiger partial charge on any atom is 0.327 e. The number of esters is 1. The smallest absolute Gasteiger partial charge is 0.327 e. The lowest BCUT2D eigenvalue weighted by Gasteiger charge is -2.38. The molecule has 7 heteroatoms. The van der Waals surface area contributed by atoms with E-state index in [0.29, 0.717) is 5.02 Å². The summed E-state index contributed by atoms with van der Waals surface area (Å²) in [5.41, 5.74) is 1.86. The molecule has 0 unspecified atom stereocenters. The SMILES string of the molecule is COC(=O)[C@@H](c1ccccc1Cl)N1CCN(Cc2nc3ccccc3s2)CC1. The highest BCUT2D eigenvalue weighted by molar-refractivity contribution is 7.18. The average molecular weight is 416 g/mol. The molecule has 0 bridgehead atoms. The topological polar surface area (TPSA) is 45.7 Å². The first-order valence-electron chi connectivity index (χ1n) is 9.29. The monoisotopic (exact) mass is 415 g/mol. The minimum absolute atomic E-state index is 0.271. The zero-order valence-corrected chi connectivity index (χ0v) is 17.2. The maximum atomic E-state index is 12.5. The quantitative estimate of drug-likeness (QED) is 0.590. The Morgan fingerprint density at radius 2 is 1.86 bits per heavy atom. The Balaban J connectivity index is 1.44. The number of fused-ring (bicyclic) bond motifs is 1. The van der Waals surface area contributed by atoms with Crippen LogP contribution in [0.1, 0.15) is 16.6 Å². The molecule has 0 spiro atoms. The molecular formula is C21H22ClN3O2S.